The fourth-order valence-corrected chi connectivity index (χ4v) is 3.26. The lowest BCUT2D eigenvalue weighted by atomic mass is 10.2. The molecule has 3 rings (SSSR count). The summed E-state index contributed by atoms with van der Waals surface area (Å²) in [6.07, 6.45) is 1.92. The van der Waals surface area contributed by atoms with Crippen molar-refractivity contribution in [1.82, 2.24) is 4.57 Å². The molecule has 1 heterocycles. The molecule has 0 fully saturated rings. The summed E-state index contributed by atoms with van der Waals surface area (Å²) < 4.78 is 2.22. The van der Waals surface area contributed by atoms with E-state index in [9.17, 15) is 0 Å². The molecule has 1 aromatic heterocycles. The van der Waals surface area contributed by atoms with E-state index >= 15 is 0 Å². The van der Waals surface area contributed by atoms with Crippen LogP contribution in [-0.2, 0) is 13.1 Å². The molecule has 2 aromatic carbocycles. The molecule has 0 aliphatic rings. The largest absolute Gasteiger partial charge is 0.313 e. The normalized spacial score (nSPS) is 11.0. The summed E-state index contributed by atoms with van der Waals surface area (Å²) in [4.78, 5) is 5.81. The molecular formula is C19H19BrN2S. The molecule has 2 nitrogen and oxygen atoms in total. The molecule has 0 unspecified atom stereocenters. The van der Waals surface area contributed by atoms with Crippen molar-refractivity contribution in [3.05, 3.63) is 89.1 Å². The smallest absolute Gasteiger partial charge is 0.185 e. The number of aromatic nitrogens is 1. The average molecular weight is 387 g/mol. The summed E-state index contributed by atoms with van der Waals surface area (Å²) in [6, 6.07) is 20.7. The third-order valence-electron chi connectivity index (χ3n) is 3.42. The van der Waals surface area contributed by atoms with Crippen molar-refractivity contribution in [2.75, 3.05) is 0 Å². The molecule has 0 atom stereocenters. The molecule has 0 aliphatic heterocycles. The highest BCUT2D eigenvalue weighted by atomic mass is 79.9. The third kappa shape index (κ3) is 4.30. The maximum absolute atomic E-state index is 4.77. The van der Waals surface area contributed by atoms with Crippen LogP contribution in [0.15, 0.2) is 83.7 Å². The minimum Gasteiger partial charge on any atom is -0.313 e. The van der Waals surface area contributed by atoms with Gasteiger partial charge in [-0.05, 0) is 11.1 Å². The van der Waals surface area contributed by atoms with Gasteiger partial charge in [-0.2, -0.15) is 0 Å². The zero-order chi connectivity index (χ0) is 15.2. The fraction of sp³-hybridized carbons (Fsp3) is 0.105. The Morgan fingerprint density at radius 1 is 1.00 bits per heavy atom. The molecule has 23 heavy (non-hydrogen) atoms. The summed E-state index contributed by atoms with van der Waals surface area (Å²) in [5, 5.41) is 2.17. The van der Waals surface area contributed by atoms with E-state index < -0.39 is 0 Å². The number of thiazole rings is 1. The highest BCUT2D eigenvalue weighted by Crippen LogP contribution is 2.19. The van der Waals surface area contributed by atoms with Crippen molar-refractivity contribution >= 4 is 28.3 Å². The van der Waals surface area contributed by atoms with E-state index in [2.05, 4.69) is 52.9 Å². The minimum absolute atomic E-state index is 0. The van der Waals surface area contributed by atoms with Crippen LogP contribution in [0.25, 0.3) is 11.3 Å². The molecule has 0 radical (unpaired) electrons. The van der Waals surface area contributed by atoms with Gasteiger partial charge in [0.05, 0.1) is 12.2 Å². The number of nitrogens with zero attached hydrogens (tertiary/aromatic N) is 2. The van der Waals surface area contributed by atoms with E-state index in [0.29, 0.717) is 6.54 Å². The number of halogens is 1. The average Bonchev–Trinajstić information content (AvgIpc) is 2.98. The zero-order valence-electron chi connectivity index (χ0n) is 12.8. The SMILES string of the molecule is Br.C=CCn1c(-c2ccccc2)csc1=NCc1ccccc1. The lowest BCUT2D eigenvalue weighted by Gasteiger charge is -2.06. The Hall–Kier alpha value is -1.91. The summed E-state index contributed by atoms with van der Waals surface area (Å²) in [7, 11) is 0. The van der Waals surface area contributed by atoms with Gasteiger partial charge in [-0.3, -0.25) is 4.99 Å². The van der Waals surface area contributed by atoms with Crippen LogP contribution in [0.1, 0.15) is 5.56 Å². The molecule has 0 saturated carbocycles. The first-order valence-electron chi connectivity index (χ1n) is 7.27. The molecular weight excluding hydrogens is 368 g/mol. The van der Waals surface area contributed by atoms with Crippen molar-refractivity contribution in [2.24, 2.45) is 4.99 Å². The van der Waals surface area contributed by atoms with Crippen molar-refractivity contribution < 1.29 is 0 Å². The van der Waals surface area contributed by atoms with Gasteiger partial charge in [-0.15, -0.1) is 34.9 Å². The Labute approximate surface area is 151 Å². The summed E-state index contributed by atoms with van der Waals surface area (Å²) in [5.74, 6) is 0. The zero-order valence-corrected chi connectivity index (χ0v) is 15.3. The molecule has 0 saturated heterocycles. The molecule has 0 aliphatic carbocycles. The van der Waals surface area contributed by atoms with Crippen LogP contribution in [0.4, 0.5) is 0 Å². The Kier molecular flexibility index (Phi) is 6.56. The first-order chi connectivity index (χ1) is 10.9. The van der Waals surface area contributed by atoms with Gasteiger partial charge in [-0.1, -0.05) is 66.7 Å². The van der Waals surface area contributed by atoms with E-state index in [1.165, 1.54) is 16.8 Å². The Morgan fingerprint density at radius 2 is 1.65 bits per heavy atom. The van der Waals surface area contributed by atoms with Gasteiger partial charge in [-0.25, -0.2) is 0 Å². The van der Waals surface area contributed by atoms with Gasteiger partial charge in [0.25, 0.3) is 0 Å². The van der Waals surface area contributed by atoms with Gasteiger partial charge in [0.15, 0.2) is 4.80 Å². The van der Waals surface area contributed by atoms with Gasteiger partial charge >= 0.3 is 0 Å². The highest BCUT2D eigenvalue weighted by molar-refractivity contribution is 8.93. The minimum atomic E-state index is 0. The lowest BCUT2D eigenvalue weighted by Crippen LogP contribution is -2.15. The predicted molar refractivity (Wildman–Crippen MR) is 104 cm³/mol. The number of hydrogen-bond acceptors (Lipinski definition) is 2. The monoisotopic (exact) mass is 386 g/mol. The molecule has 0 spiro atoms. The lowest BCUT2D eigenvalue weighted by molar-refractivity contribution is 0.780. The summed E-state index contributed by atoms with van der Waals surface area (Å²) in [6.45, 7) is 5.34. The second-order valence-electron chi connectivity index (χ2n) is 4.97. The van der Waals surface area contributed by atoms with Crippen LogP contribution in [0.3, 0.4) is 0 Å². The van der Waals surface area contributed by atoms with E-state index in [0.717, 1.165) is 11.3 Å². The molecule has 118 valence electrons. The van der Waals surface area contributed by atoms with Gasteiger partial charge in [0.2, 0.25) is 0 Å². The van der Waals surface area contributed by atoms with Crippen molar-refractivity contribution in [3.63, 3.8) is 0 Å². The first-order valence-corrected chi connectivity index (χ1v) is 8.15. The molecule has 3 aromatic rings. The molecule has 0 N–H and O–H groups in total. The number of hydrogen-bond donors (Lipinski definition) is 0. The fourth-order valence-electron chi connectivity index (χ4n) is 2.34. The Balaban J connectivity index is 0.00000192. The quantitative estimate of drug-likeness (QED) is 0.543. The molecule has 4 heteroatoms. The number of benzene rings is 2. The maximum atomic E-state index is 4.77. The predicted octanol–water partition coefficient (Wildman–Crippen LogP) is 5.08. The van der Waals surface area contributed by atoms with E-state index in [1.807, 2.05) is 30.3 Å². The van der Waals surface area contributed by atoms with Crippen LogP contribution < -0.4 is 4.80 Å². The first kappa shape index (κ1) is 17.4. The van der Waals surface area contributed by atoms with Crippen molar-refractivity contribution in [3.8, 4) is 11.3 Å². The maximum Gasteiger partial charge on any atom is 0.185 e. The van der Waals surface area contributed by atoms with Crippen molar-refractivity contribution in [1.29, 1.82) is 0 Å². The van der Waals surface area contributed by atoms with E-state index in [1.54, 1.807) is 11.3 Å². The van der Waals surface area contributed by atoms with Gasteiger partial charge < -0.3 is 4.57 Å². The molecule has 0 amide bonds. The van der Waals surface area contributed by atoms with Crippen LogP contribution in [0.2, 0.25) is 0 Å². The number of allylic oxidation sites excluding steroid dienone is 1. The van der Waals surface area contributed by atoms with Crippen molar-refractivity contribution in [2.45, 2.75) is 13.1 Å². The highest BCUT2D eigenvalue weighted by Gasteiger charge is 2.06. The van der Waals surface area contributed by atoms with Crippen LogP contribution in [0, 0.1) is 0 Å². The van der Waals surface area contributed by atoms with Crippen LogP contribution in [0.5, 0.6) is 0 Å². The van der Waals surface area contributed by atoms with Crippen LogP contribution in [-0.4, -0.2) is 4.57 Å². The Bertz CT molecular complexity index is 804. The topological polar surface area (TPSA) is 17.3 Å². The molecule has 0 bridgehead atoms. The van der Waals surface area contributed by atoms with Crippen LogP contribution >= 0.6 is 28.3 Å². The summed E-state index contributed by atoms with van der Waals surface area (Å²) in [5.41, 5.74) is 3.63. The second kappa shape index (κ2) is 8.65. The summed E-state index contributed by atoms with van der Waals surface area (Å²) >= 11 is 1.68. The Morgan fingerprint density at radius 3 is 2.30 bits per heavy atom. The second-order valence-corrected chi connectivity index (χ2v) is 5.81. The van der Waals surface area contributed by atoms with E-state index in [-0.39, 0.29) is 17.0 Å². The standard InChI is InChI=1S/C19H18N2S.BrH/c1-2-13-21-18(17-11-7-4-8-12-17)15-22-19(21)20-14-16-9-5-3-6-10-16;/h2-12,15H,1,13-14H2;1H. The van der Waals surface area contributed by atoms with Gasteiger partial charge in [0.1, 0.15) is 0 Å². The van der Waals surface area contributed by atoms with Gasteiger partial charge in [0, 0.05) is 11.9 Å². The van der Waals surface area contributed by atoms with E-state index in [4.69, 9.17) is 4.99 Å². The number of rotatable bonds is 5. The third-order valence-corrected chi connectivity index (χ3v) is 4.32.